The van der Waals surface area contributed by atoms with Gasteiger partial charge in [0.15, 0.2) is 0 Å². The number of carbonyl (C=O) groups excluding carboxylic acids is 1. The molecule has 1 aliphatic rings. The zero-order valence-corrected chi connectivity index (χ0v) is 10.8. The van der Waals surface area contributed by atoms with Crippen molar-refractivity contribution in [1.82, 2.24) is 15.1 Å². The number of hydrogen-bond donors (Lipinski definition) is 1. The summed E-state index contributed by atoms with van der Waals surface area (Å²) >= 11 is 0. The van der Waals surface area contributed by atoms with Crippen LogP contribution in [-0.2, 0) is 5.54 Å². The van der Waals surface area contributed by atoms with Gasteiger partial charge in [0.1, 0.15) is 11.5 Å². The second-order valence-electron chi connectivity index (χ2n) is 5.33. The van der Waals surface area contributed by atoms with Crippen LogP contribution in [0.2, 0.25) is 0 Å². The molecule has 1 N–H and O–H groups in total. The summed E-state index contributed by atoms with van der Waals surface area (Å²) in [6.07, 6.45) is 0. The van der Waals surface area contributed by atoms with Crippen LogP contribution in [0.4, 0.5) is 4.39 Å². The van der Waals surface area contributed by atoms with Crippen molar-refractivity contribution in [2.75, 3.05) is 6.54 Å². The molecule has 1 aliphatic heterocycles. The lowest BCUT2D eigenvalue weighted by Gasteiger charge is -2.31. The fourth-order valence-corrected chi connectivity index (χ4v) is 2.23. The van der Waals surface area contributed by atoms with Gasteiger partial charge in [-0.3, -0.25) is 9.48 Å². The fraction of sp³-hybridized carbons (Fsp3) is 0.286. The zero-order chi connectivity index (χ0) is 13.6. The molecule has 0 atom stereocenters. The molecule has 3 rings (SSSR count). The van der Waals surface area contributed by atoms with Crippen molar-refractivity contribution >= 4 is 5.91 Å². The van der Waals surface area contributed by atoms with E-state index in [1.165, 1.54) is 12.1 Å². The third kappa shape index (κ3) is 1.91. The average Bonchev–Trinajstić information content (AvgIpc) is 2.82. The van der Waals surface area contributed by atoms with Crippen molar-refractivity contribution < 1.29 is 9.18 Å². The number of hydrogen-bond acceptors (Lipinski definition) is 2. The molecule has 4 nitrogen and oxygen atoms in total. The third-order valence-electron chi connectivity index (χ3n) is 3.34. The summed E-state index contributed by atoms with van der Waals surface area (Å²) in [5.41, 5.74) is 1.75. The monoisotopic (exact) mass is 259 g/mol. The van der Waals surface area contributed by atoms with Crippen LogP contribution in [0.15, 0.2) is 30.3 Å². The quantitative estimate of drug-likeness (QED) is 0.853. The molecule has 1 aromatic carbocycles. The maximum Gasteiger partial charge on any atom is 0.269 e. The van der Waals surface area contributed by atoms with E-state index in [0.29, 0.717) is 17.9 Å². The van der Waals surface area contributed by atoms with Gasteiger partial charge in [0, 0.05) is 12.1 Å². The summed E-state index contributed by atoms with van der Waals surface area (Å²) in [6, 6.07) is 7.84. The number of halogens is 1. The van der Waals surface area contributed by atoms with Gasteiger partial charge in [0.05, 0.1) is 11.2 Å². The Morgan fingerprint density at radius 1 is 1.32 bits per heavy atom. The number of nitrogens with zero attached hydrogens (tertiary/aromatic N) is 2. The number of aromatic nitrogens is 2. The van der Waals surface area contributed by atoms with Gasteiger partial charge in [0.2, 0.25) is 0 Å². The predicted octanol–water partition coefficient (Wildman–Crippen LogP) is 2.17. The van der Waals surface area contributed by atoms with E-state index in [1.54, 1.807) is 22.9 Å². The Kier molecular flexibility index (Phi) is 2.45. The number of carbonyl (C=O) groups is 1. The van der Waals surface area contributed by atoms with Gasteiger partial charge < -0.3 is 5.32 Å². The van der Waals surface area contributed by atoms with Gasteiger partial charge in [-0.2, -0.15) is 5.10 Å². The SMILES string of the molecule is CC1(C)CNC(=O)c2cc(-c3ccc(F)cc3)nn21. The van der Waals surface area contributed by atoms with Gasteiger partial charge in [0.25, 0.3) is 5.91 Å². The van der Waals surface area contributed by atoms with Crippen LogP contribution >= 0.6 is 0 Å². The average molecular weight is 259 g/mol. The first-order valence-corrected chi connectivity index (χ1v) is 6.12. The highest BCUT2D eigenvalue weighted by molar-refractivity contribution is 5.94. The number of nitrogens with one attached hydrogen (secondary N) is 1. The second kappa shape index (κ2) is 3.91. The molecule has 0 bridgehead atoms. The van der Waals surface area contributed by atoms with E-state index in [1.807, 2.05) is 13.8 Å². The normalized spacial score (nSPS) is 16.9. The largest absolute Gasteiger partial charge is 0.348 e. The lowest BCUT2D eigenvalue weighted by Crippen LogP contribution is -2.48. The van der Waals surface area contributed by atoms with Gasteiger partial charge in [-0.15, -0.1) is 0 Å². The van der Waals surface area contributed by atoms with Gasteiger partial charge in [-0.1, -0.05) is 0 Å². The van der Waals surface area contributed by atoms with E-state index in [-0.39, 0.29) is 17.3 Å². The Balaban J connectivity index is 2.11. The molecule has 0 aliphatic carbocycles. The van der Waals surface area contributed by atoms with E-state index in [9.17, 15) is 9.18 Å². The first-order chi connectivity index (χ1) is 8.97. The van der Waals surface area contributed by atoms with Crippen molar-refractivity contribution in [2.45, 2.75) is 19.4 Å². The van der Waals surface area contributed by atoms with Crippen LogP contribution < -0.4 is 5.32 Å². The highest BCUT2D eigenvalue weighted by atomic mass is 19.1. The number of benzene rings is 1. The molecule has 0 spiro atoms. The highest BCUT2D eigenvalue weighted by Gasteiger charge is 2.32. The highest BCUT2D eigenvalue weighted by Crippen LogP contribution is 2.26. The maximum atomic E-state index is 12.9. The molecule has 1 amide bonds. The number of amides is 1. The van der Waals surface area contributed by atoms with E-state index in [4.69, 9.17) is 0 Å². The first-order valence-electron chi connectivity index (χ1n) is 6.12. The lowest BCUT2D eigenvalue weighted by molar-refractivity contribution is 0.0877. The van der Waals surface area contributed by atoms with Crippen LogP contribution in [0, 0.1) is 5.82 Å². The predicted molar refractivity (Wildman–Crippen MR) is 69.3 cm³/mol. The topological polar surface area (TPSA) is 46.9 Å². The van der Waals surface area contributed by atoms with Crippen molar-refractivity contribution in [1.29, 1.82) is 0 Å². The van der Waals surface area contributed by atoms with Gasteiger partial charge in [-0.05, 0) is 44.2 Å². The smallest absolute Gasteiger partial charge is 0.269 e. The number of rotatable bonds is 1. The minimum atomic E-state index is -0.286. The Bertz CT molecular complexity index is 643. The van der Waals surface area contributed by atoms with E-state index in [0.717, 1.165) is 5.56 Å². The molecule has 1 aromatic heterocycles. The summed E-state index contributed by atoms with van der Waals surface area (Å²) in [4.78, 5) is 11.8. The van der Waals surface area contributed by atoms with E-state index < -0.39 is 0 Å². The molecule has 0 fully saturated rings. The molecule has 0 saturated heterocycles. The van der Waals surface area contributed by atoms with Gasteiger partial charge in [-0.25, -0.2) is 4.39 Å². The molecule has 0 unspecified atom stereocenters. The standard InChI is InChI=1S/C14H14FN3O/c1-14(2)8-16-13(19)12-7-11(17-18(12)14)9-3-5-10(15)6-4-9/h3-7H,8H2,1-2H3,(H,16,19). The minimum absolute atomic E-state index is 0.125. The van der Waals surface area contributed by atoms with Crippen LogP contribution in [0.25, 0.3) is 11.3 Å². The molecule has 0 saturated carbocycles. The Morgan fingerprint density at radius 3 is 2.63 bits per heavy atom. The second-order valence-corrected chi connectivity index (χ2v) is 5.33. The maximum absolute atomic E-state index is 12.9. The molecule has 2 heterocycles. The van der Waals surface area contributed by atoms with Crippen molar-refractivity contribution in [3.05, 3.63) is 41.8 Å². The van der Waals surface area contributed by atoms with E-state index in [2.05, 4.69) is 10.4 Å². The molecule has 5 heteroatoms. The van der Waals surface area contributed by atoms with Crippen molar-refractivity contribution in [3.63, 3.8) is 0 Å². The first kappa shape index (κ1) is 11.9. The molecular weight excluding hydrogens is 245 g/mol. The van der Waals surface area contributed by atoms with Crippen LogP contribution in [0.1, 0.15) is 24.3 Å². The van der Waals surface area contributed by atoms with Gasteiger partial charge >= 0.3 is 0 Å². The zero-order valence-electron chi connectivity index (χ0n) is 10.8. The number of fused-ring (bicyclic) bond motifs is 1. The Morgan fingerprint density at radius 2 is 2.00 bits per heavy atom. The molecule has 2 aromatic rings. The molecule has 19 heavy (non-hydrogen) atoms. The van der Waals surface area contributed by atoms with Crippen molar-refractivity contribution in [3.8, 4) is 11.3 Å². The summed E-state index contributed by atoms with van der Waals surface area (Å²) in [5.74, 6) is -0.411. The molecular formula is C14H14FN3O. The Hall–Kier alpha value is -2.17. The van der Waals surface area contributed by atoms with Crippen molar-refractivity contribution in [2.24, 2.45) is 0 Å². The third-order valence-corrected chi connectivity index (χ3v) is 3.34. The summed E-state index contributed by atoms with van der Waals surface area (Å²) in [5, 5.41) is 7.33. The lowest BCUT2D eigenvalue weighted by atomic mass is 10.0. The van der Waals surface area contributed by atoms with E-state index >= 15 is 0 Å². The van der Waals surface area contributed by atoms with Crippen LogP contribution in [-0.4, -0.2) is 22.2 Å². The molecule has 98 valence electrons. The molecule has 0 radical (unpaired) electrons. The minimum Gasteiger partial charge on any atom is -0.348 e. The summed E-state index contributed by atoms with van der Waals surface area (Å²) < 4.78 is 14.7. The Labute approximate surface area is 110 Å². The van der Waals surface area contributed by atoms with Crippen LogP contribution in [0.5, 0.6) is 0 Å². The van der Waals surface area contributed by atoms with Crippen LogP contribution in [0.3, 0.4) is 0 Å². The fourth-order valence-electron chi connectivity index (χ4n) is 2.23. The summed E-state index contributed by atoms with van der Waals surface area (Å²) in [7, 11) is 0. The summed E-state index contributed by atoms with van der Waals surface area (Å²) in [6.45, 7) is 4.57.